The average Bonchev–Trinajstić information content (AvgIpc) is 1.95. The fourth-order valence-electron chi connectivity index (χ4n) is 1.15. The van der Waals surface area contributed by atoms with Gasteiger partial charge >= 0.3 is 6.18 Å². The largest absolute Gasteiger partial charge is 0.395 e. The topological polar surface area (TPSA) is 46.2 Å². The molecular formula is C9H14F3NO2. The van der Waals surface area contributed by atoms with Crippen LogP contribution in [0.25, 0.3) is 0 Å². The van der Waals surface area contributed by atoms with Gasteiger partial charge in [-0.1, -0.05) is 13.8 Å². The van der Waals surface area contributed by atoms with Gasteiger partial charge in [-0.2, -0.15) is 13.2 Å². The van der Waals surface area contributed by atoms with Crippen molar-refractivity contribution in [1.29, 1.82) is 0 Å². The van der Waals surface area contributed by atoms with Gasteiger partial charge in [-0.05, 0) is 5.92 Å². The van der Waals surface area contributed by atoms with Crippen molar-refractivity contribution in [3.8, 4) is 0 Å². The van der Waals surface area contributed by atoms with Crippen molar-refractivity contribution in [3.63, 3.8) is 0 Å². The highest BCUT2D eigenvalue weighted by Gasteiger charge is 2.35. The predicted molar refractivity (Wildman–Crippen MR) is 48.1 cm³/mol. The van der Waals surface area contributed by atoms with Gasteiger partial charge in [0.1, 0.15) is 6.42 Å². The number of carbonyl (C=O) groups is 2. The smallest absolute Gasteiger partial charge is 0.346 e. The SMILES string of the molecule is CC(=O)NC(C(=O)CC(F)(F)F)C(C)C. The number of ketones is 1. The minimum atomic E-state index is -4.53. The summed E-state index contributed by atoms with van der Waals surface area (Å²) in [4.78, 5) is 21.9. The van der Waals surface area contributed by atoms with Crippen molar-refractivity contribution in [3.05, 3.63) is 0 Å². The van der Waals surface area contributed by atoms with E-state index in [4.69, 9.17) is 0 Å². The molecule has 0 spiro atoms. The lowest BCUT2D eigenvalue weighted by atomic mass is 9.98. The molecule has 0 saturated carbocycles. The number of carbonyl (C=O) groups excluding carboxylic acids is 2. The summed E-state index contributed by atoms with van der Waals surface area (Å²) in [5, 5.41) is 2.21. The third-order valence-electron chi connectivity index (χ3n) is 1.75. The molecule has 0 aliphatic rings. The first kappa shape index (κ1) is 13.9. The monoisotopic (exact) mass is 225 g/mol. The van der Waals surface area contributed by atoms with Crippen molar-refractivity contribution in [1.82, 2.24) is 5.32 Å². The molecule has 0 aromatic heterocycles. The molecule has 0 saturated heterocycles. The van der Waals surface area contributed by atoms with E-state index in [1.165, 1.54) is 0 Å². The van der Waals surface area contributed by atoms with Crippen LogP contribution in [0.3, 0.4) is 0 Å². The summed E-state index contributed by atoms with van der Waals surface area (Å²) in [7, 11) is 0. The lowest BCUT2D eigenvalue weighted by Crippen LogP contribution is -2.44. The van der Waals surface area contributed by atoms with Gasteiger partial charge in [0.15, 0.2) is 5.78 Å². The number of hydrogen-bond donors (Lipinski definition) is 1. The Hall–Kier alpha value is -1.07. The summed E-state index contributed by atoms with van der Waals surface area (Å²) in [6.07, 6.45) is -6.03. The second-order valence-corrected chi connectivity index (χ2v) is 3.68. The first-order valence-electron chi connectivity index (χ1n) is 4.50. The van der Waals surface area contributed by atoms with Crippen LogP contribution in [0.4, 0.5) is 13.2 Å². The van der Waals surface area contributed by atoms with E-state index in [0.29, 0.717) is 0 Å². The molecule has 0 rings (SSSR count). The summed E-state index contributed by atoms with van der Waals surface area (Å²) in [6, 6.07) is -1.07. The highest BCUT2D eigenvalue weighted by atomic mass is 19.4. The molecule has 15 heavy (non-hydrogen) atoms. The van der Waals surface area contributed by atoms with E-state index in [0.717, 1.165) is 6.92 Å². The van der Waals surface area contributed by atoms with Crippen LogP contribution in [-0.2, 0) is 9.59 Å². The third-order valence-corrected chi connectivity index (χ3v) is 1.75. The van der Waals surface area contributed by atoms with E-state index >= 15 is 0 Å². The molecule has 1 amide bonds. The lowest BCUT2D eigenvalue weighted by molar-refractivity contribution is -0.155. The van der Waals surface area contributed by atoms with Gasteiger partial charge in [-0.3, -0.25) is 9.59 Å². The number of hydrogen-bond acceptors (Lipinski definition) is 2. The van der Waals surface area contributed by atoms with Crippen LogP contribution in [0.2, 0.25) is 0 Å². The van der Waals surface area contributed by atoms with E-state index in [1.54, 1.807) is 13.8 Å². The van der Waals surface area contributed by atoms with Gasteiger partial charge in [-0.25, -0.2) is 0 Å². The summed E-state index contributed by atoms with van der Waals surface area (Å²) in [6.45, 7) is 4.32. The maximum atomic E-state index is 11.9. The number of Topliss-reactive ketones (excluding diaryl/α,β-unsaturated/α-hetero) is 1. The minimum absolute atomic E-state index is 0.358. The second kappa shape index (κ2) is 5.14. The molecule has 1 atom stereocenters. The van der Waals surface area contributed by atoms with Gasteiger partial charge in [0.2, 0.25) is 5.91 Å². The molecule has 3 nitrogen and oxygen atoms in total. The quantitative estimate of drug-likeness (QED) is 0.791. The summed E-state index contributed by atoms with van der Waals surface area (Å²) in [5.41, 5.74) is 0. The number of alkyl halides is 3. The Morgan fingerprint density at radius 3 is 2.00 bits per heavy atom. The fourth-order valence-corrected chi connectivity index (χ4v) is 1.15. The molecule has 1 N–H and O–H groups in total. The molecule has 6 heteroatoms. The Kier molecular flexibility index (Phi) is 4.77. The van der Waals surface area contributed by atoms with Crippen LogP contribution in [0.5, 0.6) is 0 Å². The molecule has 0 aliphatic heterocycles. The number of halogens is 3. The zero-order valence-corrected chi connectivity index (χ0v) is 8.81. The van der Waals surface area contributed by atoms with E-state index in [1.807, 2.05) is 0 Å². The maximum absolute atomic E-state index is 11.9. The standard InChI is InChI=1S/C9H14F3NO2/c1-5(2)8(13-6(3)14)7(15)4-9(10,11)12/h5,8H,4H2,1-3H3,(H,13,14). The third kappa shape index (κ3) is 6.09. The Morgan fingerprint density at radius 1 is 1.27 bits per heavy atom. The number of rotatable bonds is 4. The van der Waals surface area contributed by atoms with E-state index in [9.17, 15) is 22.8 Å². The van der Waals surface area contributed by atoms with Crippen LogP contribution in [0.15, 0.2) is 0 Å². The van der Waals surface area contributed by atoms with E-state index < -0.39 is 30.3 Å². The Bertz CT molecular complexity index is 248. The molecule has 0 fully saturated rings. The van der Waals surface area contributed by atoms with Gasteiger partial charge in [0.25, 0.3) is 0 Å². The fraction of sp³-hybridized carbons (Fsp3) is 0.778. The lowest BCUT2D eigenvalue weighted by Gasteiger charge is -2.20. The number of amides is 1. The first-order chi connectivity index (χ1) is 6.63. The van der Waals surface area contributed by atoms with Crippen LogP contribution in [-0.4, -0.2) is 23.9 Å². The van der Waals surface area contributed by atoms with E-state index in [-0.39, 0.29) is 5.92 Å². The van der Waals surface area contributed by atoms with E-state index in [2.05, 4.69) is 5.32 Å². The Morgan fingerprint density at radius 2 is 1.73 bits per heavy atom. The van der Waals surface area contributed by atoms with Gasteiger partial charge in [0.05, 0.1) is 6.04 Å². The minimum Gasteiger partial charge on any atom is -0.346 e. The van der Waals surface area contributed by atoms with Crippen LogP contribution < -0.4 is 5.32 Å². The Balaban J connectivity index is 4.50. The summed E-state index contributed by atoms with van der Waals surface area (Å²) >= 11 is 0. The van der Waals surface area contributed by atoms with Crippen molar-refractivity contribution in [2.24, 2.45) is 5.92 Å². The molecule has 0 aromatic carbocycles. The van der Waals surface area contributed by atoms with Gasteiger partial charge in [0, 0.05) is 6.92 Å². The first-order valence-corrected chi connectivity index (χ1v) is 4.50. The molecule has 0 heterocycles. The zero-order valence-electron chi connectivity index (χ0n) is 8.81. The maximum Gasteiger partial charge on any atom is 0.395 e. The number of nitrogens with one attached hydrogen (secondary N) is 1. The molecular weight excluding hydrogens is 211 g/mol. The normalized spacial score (nSPS) is 13.8. The summed E-state index contributed by atoms with van der Waals surface area (Å²) in [5.74, 6) is -1.87. The van der Waals surface area contributed by atoms with Crippen LogP contribution in [0, 0.1) is 5.92 Å². The Labute approximate surface area is 86.0 Å². The van der Waals surface area contributed by atoms with Gasteiger partial charge < -0.3 is 5.32 Å². The zero-order chi connectivity index (χ0) is 12.2. The highest BCUT2D eigenvalue weighted by molar-refractivity contribution is 5.89. The van der Waals surface area contributed by atoms with Crippen LogP contribution >= 0.6 is 0 Å². The predicted octanol–water partition coefficient (Wildman–Crippen LogP) is 1.67. The molecule has 0 aliphatic carbocycles. The molecule has 88 valence electrons. The van der Waals surface area contributed by atoms with Crippen molar-refractivity contribution in [2.75, 3.05) is 0 Å². The van der Waals surface area contributed by atoms with Crippen molar-refractivity contribution < 1.29 is 22.8 Å². The van der Waals surface area contributed by atoms with Crippen molar-refractivity contribution in [2.45, 2.75) is 39.4 Å². The molecule has 0 aromatic rings. The summed E-state index contributed by atoms with van der Waals surface area (Å²) < 4.78 is 35.8. The molecule has 1 unspecified atom stereocenters. The van der Waals surface area contributed by atoms with Crippen molar-refractivity contribution >= 4 is 11.7 Å². The molecule has 0 bridgehead atoms. The average molecular weight is 225 g/mol. The highest BCUT2D eigenvalue weighted by Crippen LogP contribution is 2.21. The van der Waals surface area contributed by atoms with Gasteiger partial charge in [-0.15, -0.1) is 0 Å². The van der Waals surface area contributed by atoms with Crippen LogP contribution in [0.1, 0.15) is 27.2 Å². The molecule has 0 radical (unpaired) electrons. The second-order valence-electron chi connectivity index (χ2n) is 3.68.